The number of rotatable bonds is 1. The molecular formula is C9H17NO2. The molecule has 0 spiro atoms. The molecule has 70 valence electrons. The molecule has 0 saturated carbocycles. The summed E-state index contributed by atoms with van der Waals surface area (Å²) in [6, 6.07) is 0. The summed E-state index contributed by atoms with van der Waals surface area (Å²) in [7, 11) is 0. The van der Waals surface area contributed by atoms with E-state index < -0.39 is 5.97 Å². The van der Waals surface area contributed by atoms with Crippen LogP contribution >= 0.6 is 0 Å². The highest BCUT2D eigenvalue weighted by Crippen LogP contribution is 2.35. The Morgan fingerprint density at radius 3 is 2.08 bits per heavy atom. The minimum absolute atomic E-state index is 0.0491. The monoisotopic (exact) mass is 171 g/mol. The van der Waals surface area contributed by atoms with Crippen LogP contribution in [-0.4, -0.2) is 22.2 Å². The molecular weight excluding hydrogens is 154 g/mol. The Morgan fingerprint density at radius 2 is 1.92 bits per heavy atom. The minimum Gasteiger partial charge on any atom is -0.481 e. The fraction of sp³-hybridized carbons (Fsp3) is 0.889. The highest BCUT2D eigenvalue weighted by atomic mass is 16.4. The molecule has 0 aliphatic carbocycles. The molecule has 3 nitrogen and oxygen atoms in total. The second-order valence-electron chi connectivity index (χ2n) is 4.83. The maximum absolute atomic E-state index is 10.9. The summed E-state index contributed by atoms with van der Waals surface area (Å²) in [4.78, 5) is 10.9. The van der Waals surface area contributed by atoms with Crippen molar-refractivity contribution in [2.75, 3.05) is 0 Å². The summed E-state index contributed by atoms with van der Waals surface area (Å²) in [5, 5.41) is 12.3. The molecule has 0 radical (unpaired) electrons. The van der Waals surface area contributed by atoms with E-state index in [-0.39, 0.29) is 17.0 Å². The topological polar surface area (TPSA) is 49.3 Å². The van der Waals surface area contributed by atoms with E-state index in [1.54, 1.807) is 0 Å². The lowest BCUT2D eigenvalue weighted by molar-refractivity contribution is -0.143. The van der Waals surface area contributed by atoms with Crippen LogP contribution in [0.2, 0.25) is 0 Å². The predicted molar refractivity (Wildman–Crippen MR) is 47.0 cm³/mol. The molecule has 1 saturated heterocycles. The summed E-state index contributed by atoms with van der Waals surface area (Å²) in [5.41, 5.74) is -0.331. The average Bonchev–Trinajstić information content (AvgIpc) is 1.99. The molecule has 3 heteroatoms. The molecule has 1 fully saturated rings. The normalized spacial score (nSPS) is 31.8. The molecule has 12 heavy (non-hydrogen) atoms. The Labute approximate surface area is 73.2 Å². The molecule has 1 unspecified atom stereocenters. The fourth-order valence-electron chi connectivity index (χ4n) is 2.17. The van der Waals surface area contributed by atoms with Gasteiger partial charge in [0.1, 0.15) is 0 Å². The first-order valence-electron chi connectivity index (χ1n) is 4.27. The fourth-order valence-corrected chi connectivity index (χ4v) is 2.17. The van der Waals surface area contributed by atoms with Crippen LogP contribution in [0, 0.1) is 5.92 Å². The van der Waals surface area contributed by atoms with Gasteiger partial charge in [0.15, 0.2) is 0 Å². The molecule has 0 bridgehead atoms. The van der Waals surface area contributed by atoms with Gasteiger partial charge in [-0.05, 0) is 34.1 Å². The largest absolute Gasteiger partial charge is 0.481 e. The van der Waals surface area contributed by atoms with Crippen LogP contribution in [-0.2, 0) is 4.79 Å². The maximum atomic E-state index is 10.9. The van der Waals surface area contributed by atoms with E-state index in [1.165, 1.54) is 0 Å². The second kappa shape index (κ2) is 2.46. The lowest BCUT2D eigenvalue weighted by Gasteiger charge is -2.26. The van der Waals surface area contributed by atoms with Crippen molar-refractivity contribution < 1.29 is 9.90 Å². The Bertz CT molecular complexity index is 209. The van der Waals surface area contributed by atoms with E-state index in [4.69, 9.17) is 5.11 Å². The van der Waals surface area contributed by atoms with Crippen molar-refractivity contribution in [1.82, 2.24) is 5.32 Å². The van der Waals surface area contributed by atoms with Crippen LogP contribution in [0.25, 0.3) is 0 Å². The zero-order valence-electron chi connectivity index (χ0n) is 8.14. The molecule has 0 aromatic rings. The summed E-state index contributed by atoms with van der Waals surface area (Å²) >= 11 is 0. The molecule has 1 aliphatic heterocycles. The van der Waals surface area contributed by atoms with Crippen LogP contribution in [0.3, 0.4) is 0 Å². The van der Waals surface area contributed by atoms with Gasteiger partial charge in [-0.1, -0.05) is 0 Å². The summed E-state index contributed by atoms with van der Waals surface area (Å²) in [6.45, 7) is 7.97. The number of carbonyl (C=O) groups is 1. The maximum Gasteiger partial charge on any atom is 0.308 e. The van der Waals surface area contributed by atoms with Gasteiger partial charge >= 0.3 is 5.97 Å². The average molecular weight is 171 g/mol. The number of hydrogen-bond donors (Lipinski definition) is 2. The van der Waals surface area contributed by atoms with Gasteiger partial charge in [-0.15, -0.1) is 0 Å². The molecule has 2 N–H and O–H groups in total. The van der Waals surface area contributed by atoms with E-state index in [1.807, 2.05) is 27.7 Å². The first-order chi connectivity index (χ1) is 5.25. The lowest BCUT2D eigenvalue weighted by atomic mass is 9.87. The van der Waals surface area contributed by atoms with Gasteiger partial charge in [-0.3, -0.25) is 4.79 Å². The van der Waals surface area contributed by atoms with Crippen LogP contribution in [0.15, 0.2) is 0 Å². The number of carboxylic acid groups (broad SMARTS) is 1. The van der Waals surface area contributed by atoms with E-state index in [9.17, 15) is 4.79 Å². The first kappa shape index (κ1) is 9.52. The summed E-state index contributed by atoms with van der Waals surface area (Å²) in [5.74, 6) is -0.967. The molecule has 1 rings (SSSR count). The van der Waals surface area contributed by atoms with Crippen molar-refractivity contribution in [1.29, 1.82) is 0 Å². The van der Waals surface area contributed by atoms with Gasteiger partial charge in [0, 0.05) is 11.1 Å². The van der Waals surface area contributed by atoms with Crippen LogP contribution in [0.5, 0.6) is 0 Å². The van der Waals surface area contributed by atoms with Crippen molar-refractivity contribution in [2.24, 2.45) is 5.92 Å². The van der Waals surface area contributed by atoms with E-state index in [0.29, 0.717) is 6.42 Å². The molecule has 0 aromatic heterocycles. The van der Waals surface area contributed by atoms with E-state index in [2.05, 4.69) is 5.32 Å². The molecule has 1 aliphatic rings. The third-order valence-electron chi connectivity index (χ3n) is 2.54. The third-order valence-corrected chi connectivity index (χ3v) is 2.54. The van der Waals surface area contributed by atoms with Crippen molar-refractivity contribution in [3.05, 3.63) is 0 Å². The Balaban J connectivity index is 2.85. The smallest absolute Gasteiger partial charge is 0.308 e. The van der Waals surface area contributed by atoms with Crippen molar-refractivity contribution in [3.63, 3.8) is 0 Å². The van der Waals surface area contributed by atoms with Crippen LogP contribution in [0.4, 0.5) is 0 Å². The van der Waals surface area contributed by atoms with Crippen molar-refractivity contribution in [3.8, 4) is 0 Å². The zero-order valence-corrected chi connectivity index (χ0v) is 8.14. The van der Waals surface area contributed by atoms with Crippen LogP contribution in [0.1, 0.15) is 34.1 Å². The SMILES string of the molecule is CC1(C)CC(C(=O)O)C(C)(C)N1. The zero-order chi connectivity index (χ0) is 9.57. The summed E-state index contributed by atoms with van der Waals surface area (Å²) in [6.07, 6.45) is 0.704. The van der Waals surface area contributed by atoms with Gasteiger partial charge < -0.3 is 10.4 Å². The predicted octanol–water partition coefficient (Wildman–Crippen LogP) is 1.24. The standard InChI is InChI=1S/C9H17NO2/c1-8(2)5-6(7(11)12)9(3,4)10-8/h6,10H,5H2,1-4H3,(H,11,12). The first-order valence-corrected chi connectivity index (χ1v) is 4.27. The van der Waals surface area contributed by atoms with Crippen LogP contribution < -0.4 is 5.32 Å². The van der Waals surface area contributed by atoms with E-state index in [0.717, 1.165) is 0 Å². The van der Waals surface area contributed by atoms with Gasteiger partial charge in [0.25, 0.3) is 0 Å². The highest BCUT2D eigenvalue weighted by Gasteiger charge is 2.47. The number of carboxylic acids is 1. The second-order valence-corrected chi connectivity index (χ2v) is 4.83. The molecule has 1 atom stereocenters. The quantitative estimate of drug-likeness (QED) is 0.624. The molecule has 0 aromatic carbocycles. The molecule has 1 heterocycles. The Morgan fingerprint density at radius 1 is 1.42 bits per heavy atom. The number of hydrogen-bond acceptors (Lipinski definition) is 2. The van der Waals surface area contributed by atoms with Crippen molar-refractivity contribution in [2.45, 2.75) is 45.2 Å². The van der Waals surface area contributed by atoms with E-state index >= 15 is 0 Å². The minimum atomic E-state index is -0.696. The third kappa shape index (κ3) is 1.61. The van der Waals surface area contributed by atoms with Crippen molar-refractivity contribution >= 4 is 5.97 Å². The molecule has 0 amide bonds. The Kier molecular flexibility index (Phi) is 1.95. The number of aliphatic carboxylic acids is 1. The van der Waals surface area contributed by atoms with Gasteiger partial charge in [-0.2, -0.15) is 0 Å². The summed E-state index contributed by atoms with van der Waals surface area (Å²) < 4.78 is 0. The highest BCUT2D eigenvalue weighted by molar-refractivity contribution is 5.72. The number of nitrogens with one attached hydrogen (secondary N) is 1. The van der Waals surface area contributed by atoms with Gasteiger partial charge in [0.05, 0.1) is 5.92 Å². The lowest BCUT2D eigenvalue weighted by Crippen LogP contribution is -2.46. The Hall–Kier alpha value is -0.570. The van der Waals surface area contributed by atoms with Gasteiger partial charge in [-0.25, -0.2) is 0 Å². The van der Waals surface area contributed by atoms with Gasteiger partial charge in [0.2, 0.25) is 0 Å².